The van der Waals surface area contributed by atoms with E-state index in [9.17, 15) is 4.79 Å². The molecular formula is C14H23N3O2S. The summed E-state index contributed by atoms with van der Waals surface area (Å²) in [5.41, 5.74) is 7.15. The predicted octanol–water partition coefficient (Wildman–Crippen LogP) is 1.68. The minimum Gasteiger partial charge on any atom is -0.397 e. The van der Waals surface area contributed by atoms with Crippen LogP contribution in [0.15, 0.2) is 12.3 Å². The third-order valence-corrected chi connectivity index (χ3v) is 4.77. The lowest BCUT2D eigenvalue weighted by molar-refractivity contribution is 0.0614. The molecule has 2 rings (SSSR count). The van der Waals surface area contributed by atoms with E-state index in [1.807, 2.05) is 34.3 Å². The van der Waals surface area contributed by atoms with E-state index >= 15 is 0 Å². The fourth-order valence-electron chi connectivity index (χ4n) is 2.53. The molecule has 0 spiro atoms. The summed E-state index contributed by atoms with van der Waals surface area (Å²) < 4.78 is 7.06. The monoisotopic (exact) mass is 297 g/mol. The van der Waals surface area contributed by atoms with Crippen LogP contribution >= 0.6 is 11.8 Å². The molecule has 2 heterocycles. The fourth-order valence-corrected chi connectivity index (χ4v) is 3.75. The van der Waals surface area contributed by atoms with Gasteiger partial charge in [-0.05, 0) is 25.2 Å². The van der Waals surface area contributed by atoms with E-state index in [0.29, 0.717) is 30.6 Å². The molecule has 6 heteroatoms. The molecule has 1 atom stereocenters. The molecular weight excluding hydrogens is 274 g/mol. The van der Waals surface area contributed by atoms with Crippen LogP contribution in [0.25, 0.3) is 0 Å². The first kappa shape index (κ1) is 15.3. The zero-order valence-corrected chi connectivity index (χ0v) is 13.0. The third-order valence-electron chi connectivity index (χ3n) is 3.62. The normalized spacial score (nSPS) is 18.4. The number of hydrogen-bond acceptors (Lipinski definition) is 4. The van der Waals surface area contributed by atoms with E-state index in [4.69, 9.17) is 10.5 Å². The molecule has 1 aromatic rings. The maximum atomic E-state index is 12.8. The largest absolute Gasteiger partial charge is 0.397 e. The van der Waals surface area contributed by atoms with Crippen molar-refractivity contribution in [2.24, 2.45) is 0 Å². The SMILES string of the molecule is CCn1cc(N)cc1C(=O)N(CCOC)C1CCSC1. The van der Waals surface area contributed by atoms with Gasteiger partial charge in [0.1, 0.15) is 5.69 Å². The summed E-state index contributed by atoms with van der Waals surface area (Å²) in [5, 5.41) is 0. The Bertz CT molecular complexity index is 455. The number of carbonyl (C=O) groups excluding carboxylic acids is 1. The van der Waals surface area contributed by atoms with Gasteiger partial charge in [-0.15, -0.1) is 0 Å². The fraction of sp³-hybridized carbons (Fsp3) is 0.643. The van der Waals surface area contributed by atoms with Crippen molar-refractivity contribution >= 4 is 23.4 Å². The Balaban J connectivity index is 2.19. The molecule has 1 unspecified atom stereocenters. The smallest absolute Gasteiger partial charge is 0.270 e. The summed E-state index contributed by atoms with van der Waals surface area (Å²) in [6.45, 7) is 3.96. The zero-order chi connectivity index (χ0) is 14.5. The second-order valence-corrected chi connectivity index (χ2v) is 6.10. The van der Waals surface area contributed by atoms with Gasteiger partial charge in [0.2, 0.25) is 0 Å². The molecule has 2 N–H and O–H groups in total. The van der Waals surface area contributed by atoms with Gasteiger partial charge in [-0.25, -0.2) is 0 Å². The number of nitrogens with zero attached hydrogens (tertiary/aromatic N) is 2. The van der Waals surface area contributed by atoms with Gasteiger partial charge in [0.15, 0.2) is 0 Å². The molecule has 0 bridgehead atoms. The molecule has 20 heavy (non-hydrogen) atoms. The molecule has 0 aromatic carbocycles. The third kappa shape index (κ3) is 3.30. The van der Waals surface area contributed by atoms with Crippen LogP contribution in [0.3, 0.4) is 0 Å². The topological polar surface area (TPSA) is 60.5 Å². The molecule has 1 aliphatic rings. The van der Waals surface area contributed by atoms with Gasteiger partial charge in [0.05, 0.1) is 12.3 Å². The average Bonchev–Trinajstić information content (AvgIpc) is 3.08. The highest BCUT2D eigenvalue weighted by Gasteiger charge is 2.29. The van der Waals surface area contributed by atoms with Crippen molar-refractivity contribution < 1.29 is 9.53 Å². The number of rotatable bonds is 6. The highest BCUT2D eigenvalue weighted by Crippen LogP contribution is 2.24. The van der Waals surface area contributed by atoms with Crippen LogP contribution in [0.5, 0.6) is 0 Å². The Morgan fingerprint density at radius 2 is 2.45 bits per heavy atom. The van der Waals surface area contributed by atoms with Crippen LogP contribution < -0.4 is 5.73 Å². The van der Waals surface area contributed by atoms with Gasteiger partial charge in [0.25, 0.3) is 5.91 Å². The highest BCUT2D eigenvalue weighted by molar-refractivity contribution is 7.99. The van der Waals surface area contributed by atoms with Crippen molar-refractivity contribution in [1.29, 1.82) is 0 Å². The molecule has 112 valence electrons. The number of carbonyl (C=O) groups is 1. The molecule has 1 aliphatic heterocycles. The second-order valence-electron chi connectivity index (χ2n) is 4.95. The van der Waals surface area contributed by atoms with Crippen molar-refractivity contribution in [3.05, 3.63) is 18.0 Å². The quantitative estimate of drug-likeness (QED) is 0.868. The van der Waals surface area contributed by atoms with E-state index in [1.54, 1.807) is 13.2 Å². The van der Waals surface area contributed by atoms with E-state index in [1.165, 1.54) is 0 Å². The Labute approximate surface area is 124 Å². The Kier molecular flexibility index (Phi) is 5.37. The van der Waals surface area contributed by atoms with Crippen LogP contribution in [0, 0.1) is 0 Å². The van der Waals surface area contributed by atoms with Gasteiger partial charge in [-0.1, -0.05) is 0 Å². The summed E-state index contributed by atoms with van der Waals surface area (Å²) in [7, 11) is 1.67. The van der Waals surface area contributed by atoms with Crippen molar-refractivity contribution in [3.8, 4) is 0 Å². The number of aryl methyl sites for hydroxylation is 1. The molecule has 0 radical (unpaired) electrons. The highest BCUT2D eigenvalue weighted by atomic mass is 32.2. The van der Waals surface area contributed by atoms with Gasteiger partial charge in [0, 0.05) is 38.2 Å². The average molecular weight is 297 g/mol. The number of amides is 1. The number of anilines is 1. The number of hydrogen-bond donors (Lipinski definition) is 1. The van der Waals surface area contributed by atoms with Crippen LogP contribution in [0.4, 0.5) is 5.69 Å². The number of methoxy groups -OCH3 is 1. The zero-order valence-electron chi connectivity index (χ0n) is 12.2. The van der Waals surface area contributed by atoms with E-state index < -0.39 is 0 Å². The molecule has 1 amide bonds. The Morgan fingerprint density at radius 3 is 3.05 bits per heavy atom. The van der Waals surface area contributed by atoms with Crippen LogP contribution in [-0.4, -0.2) is 53.2 Å². The summed E-state index contributed by atoms with van der Waals surface area (Å²) in [6.07, 6.45) is 2.88. The van der Waals surface area contributed by atoms with Crippen molar-refractivity contribution in [2.45, 2.75) is 25.9 Å². The van der Waals surface area contributed by atoms with Crippen LogP contribution in [0.1, 0.15) is 23.8 Å². The van der Waals surface area contributed by atoms with Crippen molar-refractivity contribution in [3.63, 3.8) is 0 Å². The van der Waals surface area contributed by atoms with E-state index in [2.05, 4.69) is 0 Å². The maximum Gasteiger partial charge on any atom is 0.270 e. The molecule has 1 aromatic heterocycles. The minimum absolute atomic E-state index is 0.0631. The molecule has 1 saturated heterocycles. The van der Waals surface area contributed by atoms with Gasteiger partial charge in [-0.2, -0.15) is 11.8 Å². The number of ether oxygens (including phenoxy) is 1. The first-order chi connectivity index (χ1) is 9.67. The summed E-state index contributed by atoms with van der Waals surface area (Å²) in [6, 6.07) is 2.08. The maximum absolute atomic E-state index is 12.8. The van der Waals surface area contributed by atoms with E-state index in [0.717, 1.165) is 24.5 Å². The summed E-state index contributed by atoms with van der Waals surface area (Å²) >= 11 is 1.91. The summed E-state index contributed by atoms with van der Waals surface area (Å²) in [4.78, 5) is 14.8. The summed E-state index contributed by atoms with van der Waals surface area (Å²) in [5.74, 6) is 2.20. The minimum atomic E-state index is 0.0631. The molecule has 0 aliphatic carbocycles. The first-order valence-electron chi connectivity index (χ1n) is 7.00. The van der Waals surface area contributed by atoms with E-state index in [-0.39, 0.29) is 5.91 Å². The lowest BCUT2D eigenvalue weighted by Gasteiger charge is -2.28. The van der Waals surface area contributed by atoms with Crippen molar-refractivity contribution in [2.75, 3.05) is 37.5 Å². The van der Waals surface area contributed by atoms with Crippen LogP contribution in [0.2, 0.25) is 0 Å². The second kappa shape index (κ2) is 7.04. The lowest BCUT2D eigenvalue weighted by Crippen LogP contribution is -2.43. The number of thioether (sulfide) groups is 1. The number of nitrogens with two attached hydrogens (primary N) is 1. The Morgan fingerprint density at radius 1 is 1.65 bits per heavy atom. The standard InChI is InChI=1S/C14H23N3O2S/c1-3-16-9-11(15)8-13(16)14(18)17(5-6-19-2)12-4-7-20-10-12/h8-9,12H,3-7,10,15H2,1-2H3. The molecule has 5 nitrogen and oxygen atoms in total. The molecule has 0 saturated carbocycles. The van der Waals surface area contributed by atoms with Crippen molar-refractivity contribution in [1.82, 2.24) is 9.47 Å². The van der Waals surface area contributed by atoms with Gasteiger partial charge in [-0.3, -0.25) is 4.79 Å². The van der Waals surface area contributed by atoms with Crippen LogP contribution in [-0.2, 0) is 11.3 Å². The predicted molar refractivity (Wildman–Crippen MR) is 83.2 cm³/mol. The first-order valence-corrected chi connectivity index (χ1v) is 8.16. The number of aromatic nitrogens is 1. The lowest BCUT2D eigenvalue weighted by atomic mass is 10.2. The van der Waals surface area contributed by atoms with Gasteiger partial charge >= 0.3 is 0 Å². The number of nitrogen functional groups attached to an aromatic ring is 1. The Hall–Kier alpha value is -1.14. The molecule has 1 fully saturated rings. The van der Waals surface area contributed by atoms with Gasteiger partial charge < -0.3 is 19.9 Å².